The third-order valence-corrected chi connectivity index (χ3v) is 2.68. The van der Waals surface area contributed by atoms with Crippen LogP contribution in [0.2, 0.25) is 0 Å². The fourth-order valence-electron chi connectivity index (χ4n) is 1.98. The molecule has 0 fully saturated rings. The van der Waals surface area contributed by atoms with E-state index in [0.717, 1.165) is 5.56 Å². The van der Waals surface area contributed by atoms with Gasteiger partial charge in [-0.25, -0.2) is 4.79 Å². The highest BCUT2D eigenvalue weighted by molar-refractivity contribution is 6.13. The molecule has 3 amide bonds. The van der Waals surface area contributed by atoms with E-state index in [1.165, 1.54) is 0 Å². The molecule has 2 rings (SSSR count). The zero-order chi connectivity index (χ0) is 14.0. The van der Waals surface area contributed by atoms with Crippen LogP contribution in [0.5, 0.6) is 0 Å². The van der Waals surface area contributed by atoms with E-state index in [-0.39, 0.29) is 11.4 Å². The monoisotopic (exact) mass is 258 g/mol. The van der Waals surface area contributed by atoms with Crippen molar-refractivity contribution >= 4 is 34.7 Å². The number of aromatic amines is 1. The number of nitrogens with one attached hydrogen (secondary N) is 2. The predicted octanol–water partition coefficient (Wildman–Crippen LogP) is 1.79. The predicted molar refractivity (Wildman–Crippen MR) is 74.7 cm³/mol. The van der Waals surface area contributed by atoms with Gasteiger partial charge in [0, 0.05) is 10.9 Å². The van der Waals surface area contributed by atoms with E-state index in [4.69, 9.17) is 11.5 Å². The molecule has 6 heteroatoms. The first-order chi connectivity index (χ1) is 9.02. The van der Waals surface area contributed by atoms with E-state index in [1.54, 1.807) is 6.07 Å². The van der Waals surface area contributed by atoms with Crippen LogP contribution in [0.1, 0.15) is 22.8 Å². The number of anilines is 1. The Hall–Kier alpha value is -2.76. The molecular formula is C13H14N4O2. The minimum absolute atomic E-state index is 0.215. The van der Waals surface area contributed by atoms with Crippen LogP contribution in [0.25, 0.3) is 17.0 Å². The molecule has 0 saturated carbocycles. The van der Waals surface area contributed by atoms with Crippen molar-refractivity contribution in [2.24, 2.45) is 11.5 Å². The van der Waals surface area contributed by atoms with Crippen LogP contribution >= 0.6 is 0 Å². The summed E-state index contributed by atoms with van der Waals surface area (Å²) in [5, 5.41) is 3.00. The maximum Gasteiger partial charge on any atom is 0.317 e. The van der Waals surface area contributed by atoms with Gasteiger partial charge in [0.2, 0.25) is 0 Å². The van der Waals surface area contributed by atoms with Crippen molar-refractivity contribution in [3.8, 4) is 0 Å². The summed E-state index contributed by atoms with van der Waals surface area (Å²) < 4.78 is 0. The fourth-order valence-corrected chi connectivity index (χ4v) is 1.98. The Morgan fingerprint density at radius 2 is 2.05 bits per heavy atom. The summed E-state index contributed by atoms with van der Waals surface area (Å²) in [6.07, 6.45) is 3.83. The maximum atomic E-state index is 11.5. The summed E-state index contributed by atoms with van der Waals surface area (Å²) in [7, 11) is 0. The molecule has 6 nitrogen and oxygen atoms in total. The van der Waals surface area contributed by atoms with Crippen molar-refractivity contribution < 1.29 is 9.59 Å². The summed E-state index contributed by atoms with van der Waals surface area (Å²) in [6, 6.07) is 4.72. The van der Waals surface area contributed by atoms with E-state index in [9.17, 15) is 9.59 Å². The SMILES string of the molecule is C/C=C/c1ccc2c(C(N)=O)c(NC(N)=O)[nH]c2c1. The van der Waals surface area contributed by atoms with Crippen molar-refractivity contribution in [2.75, 3.05) is 5.32 Å². The van der Waals surface area contributed by atoms with Crippen LogP contribution in [-0.2, 0) is 0 Å². The zero-order valence-corrected chi connectivity index (χ0v) is 10.4. The standard InChI is InChI=1S/C13H14N4O2/c1-2-3-7-4-5-8-9(6-7)16-12(17-13(15)19)10(8)11(14)18/h2-6,16H,1H3,(H2,14,18)(H3,15,17,19)/b3-2+. The Morgan fingerprint density at radius 3 is 2.63 bits per heavy atom. The molecule has 0 aliphatic heterocycles. The molecule has 0 aliphatic rings. The minimum atomic E-state index is -0.761. The second kappa shape index (κ2) is 4.85. The number of rotatable bonds is 3. The Labute approximate surface area is 109 Å². The van der Waals surface area contributed by atoms with Gasteiger partial charge in [-0.3, -0.25) is 10.1 Å². The van der Waals surface area contributed by atoms with Gasteiger partial charge in [0.15, 0.2) is 0 Å². The molecule has 2 aromatic rings. The number of urea groups is 1. The molecule has 1 aromatic heterocycles. The zero-order valence-electron chi connectivity index (χ0n) is 10.4. The summed E-state index contributed by atoms with van der Waals surface area (Å²) in [5.74, 6) is -0.415. The molecule has 19 heavy (non-hydrogen) atoms. The number of carbonyl (C=O) groups excluding carboxylic acids is 2. The van der Waals surface area contributed by atoms with Gasteiger partial charge in [-0.05, 0) is 18.6 Å². The highest BCUT2D eigenvalue weighted by Crippen LogP contribution is 2.27. The van der Waals surface area contributed by atoms with Gasteiger partial charge in [0.05, 0.1) is 5.56 Å². The Bertz CT molecular complexity index is 685. The summed E-state index contributed by atoms with van der Waals surface area (Å²) in [5.41, 5.74) is 12.3. The van der Waals surface area contributed by atoms with Crippen molar-refractivity contribution in [1.29, 1.82) is 0 Å². The third kappa shape index (κ3) is 2.42. The number of hydrogen-bond acceptors (Lipinski definition) is 2. The van der Waals surface area contributed by atoms with Crippen molar-refractivity contribution in [1.82, 2.24) is 4.98 Å². The molecular weight excluding hydrogens is 244 g/mol. The summed E-state index contributed by atoms with van der Waals surface area (Å²) in [4.78, 5) is 25.3. The van der Waals surface area contributed by atoms with Gasteiger partial charge in [0.1, 0.15) is 5.82 Å². The molecule has 0 saturated heterocycles. The fraction of sp³-hybridized carbons (Fsp3) is 0.0769. The highest BCUT2D eigenvalue weighted by Gasteiger charge is 2.17. The lowest BCUT2D eigenvalue weighted by atomic mass is 10.1. The number of aromatic nitrogens is 1. The first-order valence-electron chi connectivity index (χ1n) is 5.67. The normalized spacial score (nSPS) is 11.0. The third-order valence-electron chi connectivity index (χ3n) is 2.68. The first kappa shape index (κ1) is 12.7. The lowest BCUT2D eigenvalue weighted by Gasteiger charge is -2.00. The molecule has 98 valence electrons. The molecule has 0 aliphatic carbocycles. The van der Waals surface area contributed by atoms with E-state index >= 15 is 0 Å². The number of amides is 3. The smallest absolute Gasteiger partial charge is 0.317 e. The van der Waals surface area contributed by atoms with Gasteiger partial charge in [-0.1, -0.05) is 24.3 Å². The van der Waals surface area contributed by atoms with E-state index in [1.807, 2.05) is 31.2 Å². The van der Waals surface area contributed by atoms with Crippen LogP contribution in [0.3, 0.4) is 0 Å². The van der Waals surface area contributed by atoms with Gasteiger partial charge in [-0.15, -0.1) is 0 Å². The van der Waals surface area contributed by atoms with E-state index < -0.39 is 11.9 Å². The Morgan fingerprint density at radius 1 is 1.32 bits per heavy atom. The largest absolute Gasteiger partial charge is 0.365 e. The van der Waals surface area contributed by atoms with Gasteiger partial charge in [-0.2, -0.15) is 0 Å². The molecule has 1 heterocycles. The maximum absolute atomic E-state index is 11.5. The lowest BCUT2D eigenvalue weighted by molar-refractivity contribution is 0.100. The van der Waals surface area contributed by atoms with Crippen molar-refractivity contribution in [3.05, 3.63) is 35.4 Å². The minimum Gasteiger partial charge on any atom is -0.365 e. The number of fused-ring (bicyclic) bond motifs is 1. The Kier molecular flexibility index (Phi) is 3.24. The summed E-state index contributed by atoms with van der Waals surface area (Å²) >= 11 is 0. The number of allylic oxidation sites excluding steroid dienone is 1. The van der Waals surface area contributed by atoms with Gasteiger partial charge in [0.25, 0.3) is 5.91 Å². The van der Waals surface area contributed by atoms with Gasteiger partial charge < -0.3 is 16.5 Å². The number of carbonyl (C=O) groups is 2. The molecule has 0 atom stereocenters. The molecule has 0 radical (unpaired) electrons. The van der Waals surface area contributed by atoms with Crippen molar-refractivity contribution in [3.63, 3.8) is 0 Å². The molecule has 0 unspecified atom stereocenters. The van der Waals surface area contributed by atoms with Crippen molar-refractivity contribution in [2.45, 2.75) is 6.92 Å². The molecule has 1 aromatic carbocycles. The molecule has 6 N–H and O–H groups in total. The number of H-pyrrole nitrogens is 1. The van der Waals surface area contributed by atoms with Crippen LogP contribution in [0, 0.1) is 0 Å². The van der Waals surface area contributed by atoms with Crippen LogP contribution in [-0.4, -0.2) is 16.9 Å². The second-order valence-corrected chi connectivity index (χ2v) is 4.03. The summed E-state index contributed by atoms with van der Waals surface area (Å²) in [6.45, 7) is 1.91. The van der Waals surface area contributed by atoms with Crippen LogP contribution < -0.4 is 16.8 Å². The number of benzene rings is 1. The van der Waals surface area contributed by atoms with E-state index in [2.05, 4.69) is 10.3 Å². The quantitative estimate of drug-likeness (QED) is 0.672. The van der Waals surface area contributed by atoms with Crippen LogP contribution in [0.15, 0.2) is 24.3 Å². The average Bonchev–Trinajstić information content (AvgIpc) is 2.65. The van der Waals surface area contributed by atoms with E-state index in [0.29, 0.717) is 10.9 Å². The lowest BCUT2D eigenvalue weighted by Crippen LogP contribution is -2.22. The number of nitrogens with two attached hydrogens (primary N) is 2. The van der Waals surface area contributed by atoms with Gasteiger partial charge >= 0.3 is 6.03 Å². The number of primary amides is 2. The molecule has 0 bridgehead atoms. The Balaban J connectivity index is 2.65. The average molecular weight is 258 g/mol. The first-order valence-corrected chi connectivity index (χ1v) is 5.67. The second-order valence-electron chi connectivity index (χ2n) is 4.03. The topological polar surface area (TPSA) is 114 Å². The highest BCUT2D eigenvalue weighted by atomic mass is 16.2. The van der Waals surface area contributed by atoms with Crippen LogP contribution in [0.4, 0.5) is 10.6 Å². The molecule has 0 spiro atoms. The number of hydrogen-bond donors (Lipinski definition) is 4.